The van der Waals surface area contributed by atoms with E-state index in [9.17, 15) is 0 Å². The molecule has 0 aromatic heterocycles. The molecule has 0 bridgehead atoms. The standard InChI is InChI=1S/C5H11.C2H4N4.K/c1-3-5-4-2;3-1-6-2(4)5;/h1,3-5H2,2H3;(H4,4,5,6);. The number of nitriles is 1. The molecule has 4 N–H and O–H groups in total. The summed E-state index contributed by atoms with van der Waals surface area (Å²) in [4.78, 5) is 0. The third kappa shape index (κ3) is 22.4. The van der Waals surface area contributed by atoms with Gasteiger partial charge in [0.15, 0.2) is 12.2 Å². The largest absolute Gasteiger partial charge is 0.369 e. The van der Waals surface area contributed by atoms with Crippen molar-refractivity contribution in [3.63, 3.8) is 0 Å². The van der Waals surface area contributed by atoms with Crippen LogP contribution in [0, 0.1) is 16.9 Å². The Morgan fingerprint density at radius 2 is 2.25 bits per heavy atom. The van der Waals surface area contributed by atoms with Gasteiger partial charge in [0.2, 0.25) is 0 Å². The summed E-state index contributed by atoms with van der Waals surface area (Å²) in [5.41, 5.74) is 4.65. The number of unbranched alkanes of at least 4 members (excludes halogenated alkanes) is 2. The topological polar surface area (TPSA) is 85.7 Å². The number of hydrogen-bond donors (Lipinski definition) is 3. The zero-order valence-electron chi connectivity index (χ0n) is 7.85. The molecule has 0 rings (SSSR count). The van der Waals surface area contributed by atoms with E-state index < -0.39 is 0 Å². The van der Waals surface area contributed by atoms with Gasteiger partial charge in [-0.15, -0.1) is 0 Å². The average molecular weight is 194 g/mol. The van der Waals surface area contributed by atoms with E-state index in [1.165, 1.54) is 25.5 Å². The van der Waals surface area contributed by atoms with Crippen LogP contribution >= 0.6 is 0 Å². The van der Waals surface area contributed by atoms with Crippen LogP contribution in [-0.2, 0) is 0 Å². The van der Waals surface area contributed by atoms with E-state index in [1.807, 2.05) is 5.32 Å². The second-order valence-electron chi connectivity index (χ2n) is 2.36. The Morgan fingerprint density at radius 1 is 1.67 bits per heavy atom. The normalized spacial score (nSPS) is 7.50. The molecule has 12 heavy (non-hydrogen) atoms. The summed E-state index contributed by atoms with van der Waals surface area (Å²) >= 11 is 1.11. The number of nitrogens with zero attached hydrogens (tertiary/aromatic N) is 1. The van der Waals surface area contributed by atoms with Gasteiger partial charge in [-0.1, -0.05) is 0 Å². The van der Waals surface area contributed by atoms with E-state index in [4.69, 9.17) is 10.7 Å². The molecule has 0 aromatic carbocycles. The Hall–Kier alpha value is 0.396. The molecule has 0 heterocycles. The average Bonchev–Trinajstić information content (AvgIpc) is 2.02. The molecule has 0 radical (unpaired) electrons. The Morgan fingerprint density at radius 3 is 2.33 bits per heavy atom. The fourth-order valence-corrected chi connectivity index (χ4v) is 1.34. The summed E-state index contributed by atoms with van der Waals surface area (Å²) in [6, 6.07) is 0. The van der Waals surface area contributed by atoms with Crippen molar-refractivity contribution in [3.05, 3.63) is 0 Å². The molecule has 0 unspecified atom stereocenters. The summed E-state index contributed by atoms with van der Waals surface area (Å²) in [6.07, 6.45) is 5.81. The predicted molar refractivity (Wildman–Crippen MR) is 50.7 cm³/mol. The summed E-state index contributed by atoms with van der Waals surface area (Å²) in [5.74, 6) is -0.322. The molecular weight excluding hydrogens is 179 g/mol. The van der Waals surface area contributed by atoms with Crippen molar-refractivity contribution < 1.29 is 0 Å². The third-order valence-electron chi connectivity index (χ3n) is 1.15. The van der Waals surface area contributed by atoms with Gasteiger partial charge < -0.3 is 5.73 Å². The molecule has 0 saturated carbocycles. The van der Waals surface area contributed by atoms with E-state index in [0.717, 1.165) is 49.0 Å². The third-order valence-corrected chi connectivity index (χ3v) is 2.25. The molecule has 0 saturated heterocycles. The van der Waals surface area contributed by atoms with Gasteiger partial charge in [0, 0.05) is 0 Å². The first kappa shape index (κ1) is 14.9. The molecule has 0 aliphatic rings. The maximum absolute atomic E-state index is 7.65. The minimum absolute atomic E-state index is 0.322. The van der Waals surface area contributed by atoms with Crippen LogP contribution in [0.5, 0.6) is 0 Å². The van der Waals surface area contributed by atoms with Crippen LogP contribution in [0.2, 0.25) is 0.515 Å². The zero-order valence-corrected chi connectivity index (χ0v) is 11.0. The Balaban J connectivity index is 0. The fourth-order valence-electron chi connectivity index (χ4n) is 0.560. The smallest absolute Gasteiger partial charge is 0.199 e. The summed E-state index contributed by atoms with van der Waals surface area (Å²) < 4.78 is 1.54. The van der Waals surface area contributed by atoms with Crippen LogP contribution in [0.3, 0.4) is 0 Å². The van der Waals surface area contributed by atoms with Crippen molar-refractivity contribution in [2.24, 2.45) is 5.73 Å². The van der Waals surface area contributed by atoms with Gasteiger partial charge in [0.1, 0.15) is 0 Å². The van der Waals surface area contributed by atoms with E-state index in [0.29, 0.717) is 0 Å². The van der Waals surface area contributed by atoms with Crippen LogP contribution in [-0.4, -0.2) is 54.9 Å². The van der Waals surface area contributed by atoms with Crippen molar-refractivity contribution >= 4 is 54.9 Å². The Bertz CT molecular complexity index is 137. The van der Waals surface area contributed by atoms with E-state index in [1.54, 1.807) is 0.515 Å². The van der Waals surface area contributed by atoms with Gasteiger partial charge in [-0.2, -0.15) is 5.26 Å². The van der Waals surface area contributed by atoms with Crippen molar-refractivity contribution in [3.8, 4) is 6.19 Å². The zero-order chi connectivity index (χ0) is 9.82. The van der Waals surface area contributed by atoms with Crippen LogP contribution in [0.15, 0.2) is 0 Å². The Kier molecular flexibility index (Phi) is 17.3. The SMILES string of the molecule is CCCC[CH2][K].N#CNC(=N)N. The number of rotatable bonds is 3. The monoisotopic (exact) mass is 194 g/mol. The summed E-state index contributed by atoms with van der Waals surface area (Å²) in [5, 5.41) is 15.9. The van der Waals surface area contributed by atoms with Crippen LogP contribution < -0.4 is 11.1 Å². The van der Waals surface area contributed by atoms with Crippen molar-refractivity contribution in [1.29, 1.82) is 10.7 Å². The van der Waals surface area contributed by atoms with Crippen molar-refractivity contribution in [1.82, 2.24) is 5.32 Å². The van der Waals surface area contributed by atoms with E-state index >= 15 is 0 Å². The van der Waals surface area contributed by atoms with Gasteiger partial charge >= 0.3 is 75.7 Å². The first-order valence-corrected chi connectivity index (χ1v) is 6.38. The molecule has 64 valence electrons. The maximum Gasteiger partial charge on any atom is 0.199 e. The molecule has 0 aliphatic carbocycles. The van der Waals surface area contributed by atoms with Crippen molar-refractivity contribution in [2.75, 3.05) is 0 Å². The number of hydrogen-bond acceptors (Lipinski definition) is 2. The maximum atomic E-state index is 7.65. The molecular formula is C7H15KN4. The first-order chi connectivity index (χ1) is 5.68. The number of nitrogens with one attached hydrogen (secondary N) is 2. The molecule has 0 aromatic rings. The molecule has 4 nitrogen and oxygen atoms in total. The number of nitrogens with two attached hydrogens (primary N) is 1. The quantitative estimate of drug-likeness (QED) is 0.154. The van der Waals surface area contributed by atoms with Gasteiger partial charge in [0.25, 0.3) is 0 Å². The minimum Gasteiger partial charge on any atom is -0.369 e. The van der Waals surface area contributed by atoms with E-state index in [2.05, 4.69) is 12.7 Å². The second kappa shape index (κ2) is 14.0. The number of guanidine groups is 1. The predicted octanol–water partition coefficient (Wildman–Crippen LogP) is 0.714. The summed E-state index contributed by atoms with van der Waals surface area (Å²) in [6.45, 7) is 2.25. The Labute approximate surface area is 108 Å². The van der Waals surface area contributed by atoms with Crippen molar-refractivity contribution in [2.45, 2.75) is 26.7 Å². The minimum atomic E-state index is -0.322. The first-order valence-electron chi connectivity index (χ1n) is 4.18. The van der Waals surface area contributed by atoms with Crippen LogP contribution in [0.4, 0.5) is 0 Å². The van der Waals surface area contributed by atoms with Crippen LogP contribution in [0.25, 0.3) is 0 Å². The molecule has 0 aliphatic heterocycles. The van der Waals surface area contributed by atoms with Gasteiger partial charge in [0.05, 0.1) is 0 Å². The molecule has 0 atom stereocenters. The fraction of sp³-hybridized carbons (Fsp3) is 0.714. The molecule has 0 amide bonds. The van der Waals surface area contributed by atoms with Gasteiger partial charge in [-0.25, -0.2) is 0 Å². The van der Waals surface area contributed by atoms with Gasteiger partial charge in [-0.05, 0) is 0 Å². The second-order valence-corrected chi connectivity index (χ2v) is 3.92. The molecule has 5 heteroatoms. The van der Waals surface area contributed by atoms with Crippen LogP contribution in [0.1, 0.15) is 26.2 Å². The molecule has 0 spiro atoms. The van der Waals surface area contributed by atoms with E-state index in [-0.39, 0.29) is 5.96 Å². The molecule has 0 fully saturated rings. The van der Waals surface area contributed by atoms with Gasteiger partial charge in [-0.3, -0.25) is 10.7 Å². The summed E-state index contributed by atoms with van der Waals surface area (Å²) in [7, 11) is 0.